The third-order valence-corrected chi connectivity index (χ3v) is 3.17. The van der Waals surface area contributed by atoms with E-state index in [1.807, 2.05) is 6.92 Å². The molecule has 2 N–H and O–H groups in total. The lowest BCUT2D eigenvalue weighted by atomic mass is 10.3. The molecule has 110 valence electrons. The average molecular weight is 280 g/mol. The van der Waals surface area contributed by atoms with Crippen LogP contribution in [0, 0.1) is 0 Å². The highest BCUT2D eigenvalue weighted by atomic mass is 16.4. The van der Waals surface area contributed by atoms with E-state index in [0.717, 1.165) is 31.7 Å². The molecule has 2 amide bonds. The lowest BCUT2D eigenvalue weighted by molar-refractivity contribution is -0.145. The minimum Gasteiger partial charge on any atom is -0.444 e. The zero-order valence-electron chi connectivity index (χ0n) is 11.6. The highest BCUT2D eigenvalue weighted by Gasteiger charge is 2.22. The third kappa shape index (κ3) is 3.80. The normalized spacial score (nSPS) is 15.8. The first kappa shape index (κ1) is 14.5. The highest BCUT2D eigenvalue weighted by Crippen LogP contribution is 2.03. The summed E-state index contributed by atoms with van der Waals surface area (Å²) in [6.45, 7) is 4.86. The predicted octanol–water partition coefficient (Wildman–Crippen LogP) is -0.325. The van der Waals surface area contributed by atoms with Crippen molar-refractivity contribution in [2.45, 2.75) is 26.3 Å². The maximum Gasteiger partial charge on any atom is 0.311 e. The van der Waals surface area contributed by atoms with E-state index < -0.39 is 11.8 Å². The van der Waals surface area contributed by atoms with Gasteiger partial charge in [-0.05, 0) is 13.0 Å². The highest BCUT2D eigenvalue weighted by molar-refractivity contribution is 6.34. The lowest BCUT2D eigenvalue weighted by Gasteiger charge is -2.18. The molecule has 0 bridgehead atoms. The Bertz CT molecular complexity index is 464. The van der Waals surface area contributed by atoms with Crippen molar-refractivity contribution in [3.05, 3.63) is 17.8 Å². The number of amides is 2. The molecule has 0 atom stereocenters. The summed E-state index contributed by atoms with van der Waals surface area (Å²) in [6, 6.07) is 0. The molecule has 1 fully saturated rings. The maximum atomic E-state index is 12.0. The SMILES string of the molecule is CCc1cnc(CNC(=O)C(=O)N2CCCNCC2)o1. The predicted molar refractivity (Wildman–Crippen MR) is 71.8 cm³/mol. The number of aromatic nitrogens is 1. The lowest BCUT2D eigenvalue weighted by Crippen LogP contribution is -2.44. The van der Waals surface area contributed by atoms with E-state index in [4.69, 9.17) is 4.42 Å². The zero-order chi connectivity index (χ0) is 14.4. The molecule has 20 heavy (non-hydrogen) atoms. The summed E-state index contributed by atoms with van der Waals surface area (Å²) in [5.74, 6) is 0.0822. The second-order valence-corrected chi connectivity index (χ2v) is 4.65. The largest absolute Gasteiger partial charge is 0.444 e. The number of carbonyl (C=O) groups excluding carboxylic acids is 2. The second-order valence-electron chi connectivity index (χ2n) is 4.65. The van der Waals surface area contributed by atoms with Gasteiger partial charge in [0, 0.05) is 26.1 Å². The number of oxazole rings is 1. The molecule has 1 aliphatic rings. The molecule has 0 saturated carbocycles. The zero-order valence-corrected chi connectivity index (χ0v) is 11.6. The number of rotatable bonds is 3. The molecule has 1 aliphatic heterocycles. The summed E-state index contributed by atoms with van der Waals surface area (Å²) in [6.07, 6.45) is 3.24. The van der Waals surface area contributed by atoms with Crippen LogP contribution in [0.3, 0.4) is 0 Å². The van der Waals surface area contributed by atoms with Gasteiger partial charge in [0.25, 0.3) is 0 Å². The van der Waals surface area contributed by atoms with Crippen LogP contribution in [0.25, 0.3) is 0 Å². The summed E-state index contributed by atoms with van der Waals surface area (Å²) in [7, 11) is 0. The molecule has 2 heterocycles. The van der Waals surface area contributed by atoms with Gasteiger partial charge in [-0.1, -0.05) is 6.92 Å². The fraction of sp³-hybridized carbons (Fsp3) is 0.615. The fourth-order valence-corrected chi connectivity index (χ4v) is 2.02. The van der Waals surface area contributed by atoms with E-state index in [1.54, 1.807) is 11.1 Å². The number of hydrogen-bond acceptors (Lipinski definition) is 5. The van der Waals surface area contributed by atoms with E-state index in [1.165, 1.54) is 0 Å². The molecular formula is C13H20N4O3. The second kappa shape index (κ2) is 7.04. The Kier molecular flexibility index (Phi) is 5.11. The van der Waals surface area contributed by atoms with Gasteiger partial charge >= 0.3 is 11.8 Å². The van der Waals surface area contributed by atoms with Crippen LogP contribution in [0.5, 0.6) is 0 Å². The molecule has 2 rings (SSSR count). The number of nitrogens with one attached hydrogen (secondary N) is 2. The number of hydrogen-bond donors (Lipinski definition) is 2. The Hall–Kier alpha value is -1.89. The van der Waals surface area contributed by atoms with Crippen molar-refractivity contribution in [3.8, 4) is 0 Å². The van der Waals surface area contributed by atoms with Crippen LogP contribution < -0.4 is 10.6 Å². The summed E-state index contributed by atoms with van der Waals surface area (Å²) in [4.78, 5) is 29.4. The first-order valence-corrected chi connectivity index (χ1v) is 6.92. The Morgan fingerprint density at radius 2 is 2.30 bits per heavy atom. The minimum absolute atomic E-state index is 0.136. The van der Waals surface area contributed by atoms with Crippen LogP contribution in [0.15, 0.2) is 10.6 Å². The molecule has 0 aromatic carbocycles. The first-order valence-electron chi connectivity index (χ1n) is 6.92. The quantitative estimate of drug-likeness (QED) is 0.741. The Morgan fingerprint density at radius 1 is 1.45 bits per heavy atom. The summed E-state index contributed by atoms with van der Waals surface area (Å²) >= 11 is 0. The Morgan fingerprint density at radius 3 is 3.05 bits per heavy atom. The van der Waals surface area contributed by atoms with Gasteiger partial charge in [-0.2, -0.15) is 0 Å². The van der Waals surface area contributed by atoms with Crippen molar-refractivity contribution in [3.63, 3.8) is 0 Å². The maximum absolute atomic E-state index is 12.0. The van der Waals surface area contributed by atoms with E-state index in [-0.39, 0.29) is 6.54 Å². The molecule has 0 aliphatic carbocycles. The molecule has 1 aromatic heterocycles. The van der Waals surface area contributed by atoms with Gasteiger partial charge in [0.15, 0.2) is 0 Å². The monoisotopic (exact) mass is 280 g/mol. The van der Waals surface area contributed by atoms with Gasteiger partial charge < -0.3 is 20.0 Å². The summed E-state index contributed by atoms with van der Waals surface area (Å²) in [5.41, 5.74) is 0. The van der Waals surface area contributed by atoms with E-state index >= 15 is 0 Å². The van der Waals surface area contributed by atoms with Crippen molar-refractivity contribution < 1.29 is 14.0 Å². The van der Waals surface area contributed by atoms with Gasteiger partial charge in [0.05, 0.1) is 12.7 Å². The smallest absolute Gasteiger partial charge is 0.311 e. The van der Waals surface area contributed by atoms with Crippen LogP contribution in [0.2, 0.25) is 0 Å². The first-order chi connectivity index (χ1) is 9.70. The van der Waals surface area contributed by atoms with Crippen molar-refractivity contribution in [2.24, 2.45) is 0 Å². The molecule has 1 saturated heterocycles. The van der Waals surface area contributed by atoms with Crippen LogP contribution >= 0.6 is 0 Å². The van der Waals surface area contributed by atoms with Gasteiger partial charge in [-0.15, -0.1) is 0 Å². The van der Waals surface area contributed by atoms with Gasteiger partial charge in [-0.3, -0.25) is 9.59 Å². The van der Waals surface area contributed by atoms with Crippen LogP contribution in [0.4, 0.5) is 0 Å². The van der Waals surface area contributed by atoms with Crippen LogP contribution in [0.1, 0.15) is 25.0 Å². The van der Waals surface area contributed by atoms with Crippen molar-refractivity contribution in [1.29, 1.82) is 0 Å². The van der Waals surface area contributed by atoms with E-state index in [0.29, 0.717) is 19.0 Å². The fourth-order valence-electron chi connectivity index (χ4n) is 2.02. The van der Waals surface area contributed by atoms with Crippen molar-refractivity contribution in [2.75, 3.05) is 26.2 Å². The number of carbonyl (C=O) groups is 2. The topological polar surface area (TPSA) is 87.5 Å². The van der Waals surface area contributed by atoms with Gasteiger partial charge in [-0.25, -0.2) is 4.98 Å². The Labute approximate surface area is 117 Å². The molecule has 7 nitrogen and oxygen atoms in total. The molecule has 0 unspecified atom stereocenters. The molecular weight excluding hydrogens is 260 g/mol. The average Bonchev–Trinajstić information content (AvgIpc) is 2.76. The molecule has 0 spiro atoms. The number of nitrogens with zero attached hydrogens (tertiary/aromatic N) is 2. The van der Waals surface area contributed by atoms with Crippen molar-refractivity contribution in [1.82, 2.24) is 20.5 Å². The van der Waals surface area contributed by atoms with E-state index in [2.05, 4.69) is 15.6 Å². The minimum atomic E-state index is -0.608. The Balaban J connectivity index is 1.82. The van der Waals surface area contributed by atoms with E-state index in [9.17, 15) is 9.59 Å². The number of aryl methyl sites for hydroxylation is 1. The third-order valence-electron chi connectivity index (χ3n) is 3.17. The molecule has 1 aromatic rings. The molecule has 7 heteroatoms. The standard InChI is InChI=1S/C13H20N4O3/c1-2-10-8-15-11(20-10)9-16-12(18)13(19)17-6-3-4-14-5-7-17/h8,14H,2-7,9H2,1H3,(H,16,18). The van der Waals surface area contributed by atoms with Crippen LogP contribution in [-0.4, -0.2) is 47.9 Å². The molecule has 0 radical (unpaired) electrons. The van der Waals surface area contributed by atoms with Gasteiger partial charge in [0.2, 0.25) is 5.89 Å². The van der Waals surface area contributed by atoms with Crippen molar-refractivity contribution >= 4 is 11.8 Å². The summed E-state index contributed by atoms with van der Waals surface area (Å²) in [5, 5.41) is 5.73. The van der Waals surface area contributed by atoms with Gasteiger partial charge in [0.1, 0.15) is 5.76 Å². The summed E-state index contributed by atoms with van der Waals surface area (Å²) < 4.78 is 5.37. The van der Waals surface area contributed by atoms with Crippen LogP contribution in [-0.2, 0) is 22.6 Å².